The molecule has 0 amide bonds. The maximum atomic E-state index is 13.8. The highest BCUT2D eigenvalue weighted by atomic mass is 19.1. The van der Waals surface area contributed by atoms with Gasteiger partial charge in [0.05, 0.1) is 12.2 Å². The van der Waals surface area contributed by atoms with Gasteiger partial charge in [0, 0.05) is 13.2 Å². The Morgan fingerprint density at radius 1 is 1.56 bits per heavy atom. The smallest absolute Gasteiger partial charge is 0.328 e. The van der Waals surface area contributed by atoms with Crippen LogP contribution in [0.15, 0.2) is 15.8 Å². The monoisotopic (exact) mass is 260 g/mol. The van der Waals surface area contributed by atoms with Gasteiger partial charge in [-0.25, -0.2) is 9.18 Å². The van der Waals surface area contributed by atoms with Crippen LogP contribution in [0.25, 0.3) is 0 Å². The number of aromatic amines is 1. The Balaban J connectivity index is 2.42. The number of ether oxygens (including phenoxy) is 1. The molecule has 1 aliphatic heterocycles. The molecule has 3 N–H and O–H groups in total. The number of alkyl halides is 1. The molecule has 2 rings (SSSR count). The molecule has 7 nitrogen and oxygen atoms in total. The summed E-state index contributed by atoms with van der Waals surface area (Å²) in [4.78, 5) is 24.7. The Morgan fingerprint density at radius 3 is 2.78 bits per heavy atom. The average Bonchev–Trinajstić information content (AvgIpc) is 2.61. The first-order chi connectivity index (χ1) is 8.45. The molecular weight excluding hydrogens is 247 g/mol. The number of rotatable bonds is 2. The predicted octanol–water partition coefficient (Wildman–Crippen LogP) is -1.80. The molecule has 1 aliphatic rings. The largest absolute Gasteiger partial charge is 0.394 e. The molecule has 8 heteroatoms. The Labute approximate surface area is 100 Å². The van der Waals surface area contributed by atoms with Gasteiger partial charge >= 0.3 is 5.69 Å². The fraction of sp³-hybridized carbons (Fsp3) is 0.600. The third kappa shape index (κ3) is 1.98. The van der Waals surface area contributed by atoms with Crippen molar-refractivity contribution in [1.82, 2.24) is 9.55 Å². The van der Waals surface area contributed by atoms with Gasteiger partial charge < -0.3 is 19.5 Å². The summed E-state index contributed by atoms with van der Waals surface area (Å²) in [6.07, 6.45) is -4.56. The van der Waals surface area contributed by atoms with Crippen LogP contribution >= 0.6 is 0 Å². The molecule has 0 spiro atoms. The number of aryl methyl sites for hydroxylation is 1. The van der Waals surface area contributed by atoms with E-state index in [9.17, 15) is 19.1 Å². The van der Waals surface area contributed by atoms with Crippen LogP contribution in [0.2, 0.25) is 0 Å². The molecular formula is C10H13FN2O5. The van der Waals surface area contributed by atoms with Crippen molar-refractivity contribution in [2.24, 2.45) is 7.05 Å². The molecule has 0 aromatic carbocycles. The van der Waals surface area contributed by atoms with E-state index < -0.39 is 42.3 Å². The lowest BCUT2D eigenvalue weighted by Crippen LogP contribution is -2.33. The van der Waals surface area contributed by atoms with Gasteiger partial charge in [-0.3, -0.25) is 9.78 Å². The number of nitrogens with zero attached hydrogens (tertiary/aromatic N) is 1. The van der Waals surface area contributed by atoms with Crippen molar-refractivity contribution in [3.63, 3.8) is 0 Å². The van der Waals surface area contributed by atoms with Gasteiger partial charge in [-0.15, -0.1) is 0 Å². The first-order valence-corrected chi connectivity index (χ1v) is 5.34. The number of H-pyrrole nitrogens is 1. The Bertz CT molecular complexity index is 554. The fourth-order valence-electron chi connectivity index (χ4n) is 1.91. The third-order valence-electron chi connectivity index (χ3n) is 2.94. The summed E-state index contributed by atoms with van der Waals surface area (Å²) in [6.45, 7) is -0.554. The van der Waals surface area contributed by atoms with E-state index in [1.54, 1.807) is 0 Å². The van der Waals surface area contributed by atoms with E-state index in [1.807, 2.05) is 4.98 Å². The molecule has 1 aromatic rings. The standard InChI is InChI=1S/C10H13FN2O5/c1-13-2-4(9(16)12-10(13)17)8-6(11)7(15)5(3-14)18-8/h2,5-8,14-15H,3H2,1H3,(H,12,16,17)/t5-,6+,7-,8+/m1/s1. The van der Waals surface area contributed by atoms with Crippen LogP contribution in [0, 0.1) is 0 Å². The molecule has 0 saturated carbocycles. The summed E-state index contributed by atoms with van der Waals surface area (Å²) in [5.74, 6) is 0. The van der Waals surface area contributed by atoms with Crippen molar-refractivity contribution in [3.05, 3.63) is 32.6 Å². The van der Waals surface area contributed by atoms with E-state index in [2.05, 4.69) is 0 Å². The predicted molar refractivity (Wildman–Crippen MR) is 57.9 cm³/mol. The Hall–Kier alpha value is -1.51. The number of hydrogen-bond acceptors (Lipinski definition) is 5. The number of aromatic nitrogens is 2. The van der Waals surface area contributed by atoms with Gasteiger partial charge in [-0.2, -0.15) is 0 Å². The fourth-order valence-corrected chi connectivity index (χ4v) is 1.91. The van der Waals surface area contributed by atoms with E-state index in [0.717, 1.165) is 10.8 Å². The van der Waals surface area contributed by atoms with E-state index in [0.29, 0.717) is 0 Å². The van der Waals surface area contributed by atoms with Crippen LogP contribution in [-0.2, 0) is 11.8 Å². The van der Waals surface area contributed by atoms with E-state index in [-0.39, 0.29) is 5.56 Å². The number of halogens is 1. The summed E-state index contributed by atoms with van der Waals surface area (Å²) in [5, 5.41) is 18.4. The zero-order chi connectivity index (χ0) is 13.4. The Kier molecular flexibility index (Phi) is 3.33. The van der Waals surface area contributed by atoms with Gasteiger partial charge in [0.1, 0.15) is 18.3 Å². The normalized spacial score (nSPS) is 31.8. The molecule has 18 heavy (non-hydrogen) atoms. The van der Waals surface area contributed by atoms with Crippen molar-refractivity contribution < 1.29 is 19.3 Å². The second kappa shape index (κ2) is 4.63. The van der Waals surface area contributed by atoms with Gasteiger partial charge in [0.25, 0.3) is 5.56 Å². The van der Waals surface area contributed by atoms with Gasteiger partial charge in [-0.05, 0) is 0 Å². The molecule has 0 aliphatic carbocycles. The lowest BCUT2D eigenvalue weighted by molar-refractivity contribution is -0.0231. The summed E-state index contributed by atoms with van der Waals surface area (Å²) in [7, 11) is 1.39. The van der Waals surface area contributed by atoms with Gasteiger partial charge in [0.15, 0.2) is 6.17 Å². The molecule has 0 radical (unpaired) electrons. The van der Waals surface area contributed by atoms with Crippen LogP contribution in [0.3, 0.4) is 0 Å². The van der Waals surface area contributed by atoms with Gasteiger partial charge in [0.2, 0.25) is 0 Å². The summed E-state index contributed by atoms with van der Waals surface area (Å²) in [6, 6.07) is 0. The topological polar surface area (TPSA) is 105 Å². The lowest BCUT2D eigenvalue weighted by atomic mass is 10.1. The number of hydrogen-bond donors (Lipinski definition) is 3. The maximum absolute atomic E-state index is 13.8. The molecule has 0 unspecified atom stereocenters. The van der Waals surface area contributed by atoms with Crippen LogP contribution in [0.1, 0.15) is 11.7 Å². The second-order valence-corrected chi connectivity index (χ2v) is 4.17. The third-order valence-corrected chi connectivity index (χ3v) is 2.94. The molecule has 4 atom stereocenters. The maximum Gasteiger partial charge on any atom is 0.328 e. The van der Waals surface area contributed by atoms with Crippen LogP contribution < -0.4 is 11.2 Å². The zero-order valence-corrected chi connectivity index (χ0v) is 9.54. The molecule has 100 valence electrons. The average molecular weight is 260 g/mol. The Morgan fingerprint density at radius 2 is 2.22 bits per heavy atom. The first-order valence-electron chi connectivity index (χ1n) is 5.34. The highest BCUT2D eigenvalue weighted by Gasteiger charge is 2.45. The quantitative estimate of drug-likeness (QED) is 0.582. The van der Waals surface area contributed by atoms with Crippen LogP contribution in [0.4, 0.5) is 4.39 Å². The molecule has 1 aromatic heterocycles. The minimum absolute atomic E-state index is 0.0976. The number of aliphatic hydroxyl groups is 2. The first kappa shape index (κ1) is 12.9. The molecule has 0 bridgehead atoms. The SMILES string of the molecule is Cn1cc([C@@H]2O[C@H](CO)[C@@H](O)[C@@H]2F)c(=O)[nH]c1=O. The van der Waals surface area contributed by atoms with Crippen LogP contribution in [0.5, 0.6) is 0 Å². The highest BCUT2D eigenvalue weighted by molar-refractivity contribution is 5.14. The summed E-state index contributed by atoms with van der Waals surface area (Å²) < 4.78 is 20.0. The minimum atomic E-state index is -1.83. The molecule has 1 fully saturated rings. The summed E-state index contributed by atoms with van der Waals surface area (Å²) >= 11 is 0. The van der Waals surface area contributed by atoms with Crippen LogP contribution in [-0.4, -0.2) is 44.8 Å². The lowest BCUT2D eigenvalue weighted by Gasteiger charge is -2.12. The number of aliphatic hydroxyl groups excluding tert-OH is 2. The highest BCUT2D eigenvalue weighted by Crippen LogP contribution is 2.33. The van der Waals surface area contributed by atoms with Crippen molar-refractivity contribution in [1.29, 1.82) is 0 Å². The second-order valence-electron chi connectivity index (χ2n) is 4.17. The van der Waals surface area contributed by atoms with Crippen molar-refractivity contribution in [2.45, 2.75) is 24.5 Å². The molecule has 1 saturated heterocycles. The minimum Gasteiger partial charge on any atom is -0.394 e. The summed E-state index contributed by atoms with van der Waals surface area (Å²) in [5.41, 5.74) is -1.49. The van der Waals surface area contributed by atoms with E-state index in [1.165, 1.54) is 7.05 Å². The van der Waals surface area contributed by atoms with Crippen molar-refractivity contribution in [2.75, 3.05) is 6.61 Å². The van der Waals surface area contributed by atoms with Crippen molar-refractivity contribution >= 4 is 0 Å². The van der Waals surface area contributed by atoms with Crippen molar-refractivity contribution in [3.8, 4) is 0 Å². The van der Waals surface area contributed by atoms with E-state index in [4.69, 9.17) is 9.84 Å². The van der Waals surface area contributed by atoms with Gasteiger partial charge in [-0.1, -0.05) is 0 Å². The molecule has 2 heterocycles. The number of nitrogens with one attached hydrogen (secondary N) is 1. The van der Waals surface area contributed by atoms with E-state index >= 15 is 0 Å². The zero-order valence-electron chi connectivity index (χ0n) is 9.54.